The van der Waals surface area contributed by atoms with E-state index in [-0.39, 0.29) is 0 Å². The fourth-order valence-corrected chi connectivity index (χ4v) is 1.55. The van der Waals surface area contributed by atoms with Gasteiger partial charge in [0.2, 0.25) is 0 Å². The molecular weight excluding hydrogens is 172 g/mol. The molecule has 0 bridgehead atoms. The van der Waals surface area contributed by atoms with Crippen molar-refractivity contribution in [3.05, 3.63) is 60.4 Å². The molecule has 0 saturated carbocycles. The molecule has 0 aliphatic rings. The Balaban J connectivity index is 2.41. The Morgan fingerprint density at radius 1 is 1.00 bits per heavy atom. The number of rotatable bonds is 2. The van der Waals surface area contributed by atoms with Crippen LogP contribution in [0.5, 0.6) is 0 Å². The molecule has 0 aromatic heterocycles. The molecule has 2 aromatic rings. The molecule has 0 radical (unpaired) electrons. The highest BCUT2D eigenvalue weighted by atomic mass is 16.2. The molecule has 0 amide bonds. The second-order valence-corrected chi connectivity index (χ2v) is 3.27. The van der Waals surface area contributed by atoms with Gasteiger partial charge >= 0.3 is 0 Å². The Morgan fingerprint density at radius 3 is 2.57 bits per heavy atom. The van der Waals surface area contributed by atoms with Crippen molar-refractivity contribution in [2.75, 3.05) is 0 Å². The van der Waals surface area contributed by atoms with Gasteiger partial charge in [-0.3, -0.25) is 0 Å². The number of benzene rings is 2. The number of aliphatic hydroxyl groups excluding tert-OH is 1. The van der Waals surface area contributed by atoms with Crippen molar-refractivity contribution in [2.45, 2.75) is 6.42 Å². The number of hydrogen-bond acceptors (Lipinski definition) is 1. The molecule has 0 heterocycles. The molecule has 2 aromatic carbocycles. The molecule has 0 aliphatic carbocycles. The Kier molecular flexibility index (Phi) is 2.50. The third-order valence-corrected chi connectivity index (χ3v) is 2.27. The van der Waals surface area contributed by atoms with Crippen molar-refractivity contribution in [1.82, 2.24) is 0 Å². The van der Waals surface area contributed by atoms with Gasteiger partial charge in [-0.2, -0.15) is 0 Å². The average Bonchev–Trinajstić information content (AvgIpc) is 2.26. The first-order valence-electron chi connectivity index (χ1n) is 4.67. The summed E-state index contributed by atoms with van der Waals surface area (Å²) in [6.45, 7) is 0. The predicted octanol–water partition coefficient (Wildman–Crippen LogP) is 3.45. The van der Waals surface area contributed by atoms with E-state index in [1.807, 2.05) is 12.1 Å². The second kappa shape index (κ2) is 3.97. The van der Waals surface area contributed by atoms with E-state index in [0.717, 1.165) is 12.7 Å². The minimum absolute atomic E-state index is 0.779. The van der Waals surface area contributed by atoms with Gasteiger partial charge in [-0.05, 0) is 28.8 Å². The number of fused-ring (bicyclic) bond motifs is 1. The predicted molar refractivity (Wildman–Crippen MR) is 59.4 cm³/mol. The first-order valence-corrected chi connectivity index (χ1v) is 4.67. The third kappa shape index (κ3) is 1.77. The fraction of sp³-hybridized carbons (Fsp3) is 0.0769. The van der Waals surface area contributed by atoms with Gasteiger partial charge in [-0.15, -0.1) is 0 Å². The van der Waals surface area contributed by atoms with E-state index in [4.69, 9.17) is 5.11 Å². The van der Waals surface area contributed by atoms with Crippen molar-refractivity contribution in [3.8, 4) is 0 Å². The maximum Gasteiger partial charge on any atom is 0.0755 e. The molecule has 14 heavy (non-hydrogen) atoms. The topological polar surface area (TPSA) is 20.2 Å². The molecule has 1 heteroatoms. The van der Waals surface area contributed by atoms with E-state index < -0.39 is 0 Å². The molecular formula is C13H12O. The van der Waals surface area contributed by atoms with Crippen molar-refractivity contribution >= 4 is 10.8 Å². The number of allylic oxidation sites excluding steroid dienone is 1. The lowest BCUT2D eigenvalue weighted by Crippen LogP contribution is -1.81. The van der Waals surface area contributed by atoms with E-state index in [1.165, 1.54) is 16.3 Å². The zero-order chi connectivity index (χ0) is 9.80. The van der Waals surface area contributed by atoms with Crippen molar-refractivity contribution in [2.24, 2.45) is 0 Å². The second-order valence-electron chi connectivity index (χ2n) is 3.27. The highest BCUT2D eigenvalue weighted by Gasteiger charge is 1.93. The standard InChI is InChI=1S/C13H12O/c14-9-3-4-11-7-8-12-5-1-2-6-13(12)10-11/h1-3,5-10,14H,4H2. The molecule has 0 unspecified atom stereocenters. The van der Waals surface area contributed by atoms with Crippen molar-refractivity contribution < 1.29 is 5.11 Å². The van der Waals surface area contributed by atoms with Crippen LogP contribution in [0.15, 0.2) is 54.8 Å². The van der Waals surface area contributed by atoms with Crippen LogP contribution in [-0.4, -0.2) is 5.11 Å². The van der Waals surface area contributed by atoms with Crippen LogP contribution >= 0.6 is 0 Å². The summed E-state index contributed by atoms with van der Waals surface area (Å²) in [6.07, 6.45) is 3.61. The van der Waals surface area contributed by atoms with Crippen LogP contribution in [0.4, 0.5) is 0 Å². The Hall–Kier alpha value is -1.76. The maximum absolute atomic E-state index is 8.56. The monoisotopic (exact) mass is 184 g/mol. The molecule has 1 nitrogen and oxygen atoms in total. The third-order valence-electron chi connectivity index (χ3n) is 2.27. The van der Waals surface area contributed by atoms with E-state index in [1.54, 1.807) is 6.08 Å². The molecule has 0 atom stereocenters. The van der Waals surface area contributed by atoms with Gasteiger partial charge < -0.3 is 5.11 Å². The van der Waals surface area contributed by atoms with Crippen LogP contribution in [-0.2, 0) is 6.42 Å². The summed E-state index contributed by atoms with van der Waals surface area (Å²) in [7, 11) is 0. The van der Waals surface area contributed by atoms with Crippen LogP contribution in [0, 0.1) is 0 Å². The molecule has 2 rings (SSSR count). The highest BCUT2D eigenvalue weighted by Crippen LogP contribution is 2.15. The highest BCUT2D eigenvalue weighted by molar-refractivity contribution is 5.83. The van der Waals surface area contributed by atoms with Gasteiger partial charge in [-0.1, -0.05) is 42.5 Å². The SMILES string of the molecule is OC=CCc1ccc2ccccc2c1. The number of aliphatic hydroxyl groups is 1. The zero-order valence-electron chi connectivity index (χ0n) is 7.85. The fourth-order valence-electron chi connectivity index (χ4n) is 1.55. The van der Waals surface area contributed by atoms with Crippen molar-refractivity contribution in [3.63, 3.8) is 0 Å². The molecule has 70 valence electrons. The Labute approximate surface area is 83.3 Å². The summed E-state index contributed by atoms with van der Waals surface area (Å²) in [6, 6.07) is 14.6. The first kappa shape index (κ1) is 8.82. The van der Waals surface area contributed by atoms with Gasteiger partial charge in [0.05, 0.1) is 6.26 Å². The van der Waals surface area contributed by atoms with E-state index in [2.05, 4.69) is 30.3 Å². The minimum atomic E-state index is 0.779. The molecule has 1 N–H and O–H groups in total. The van der Waals surface area contributed by atoms with Gasteiger partial charge in [0, 0.05) is 0 Å². The molecule has 0 aliphatic heterocycles. The summed E-state index contributed by atoms with van der Waals surface area (Å²) < 4.78 is 0. The minimum Gasteiger partial charge on any atom is -0.516 e. The summed E-state index contributed by atoms with van der Waals surface area (Å²) in [5, 5.41) is 11.1. The summed E-state index contributed by atoms with van der Waals surface area (Å²) in [5.74, 6) is 0. The normalized spacial score (nSPS) is 11.1. The smallest absolute Gasteiger partial charge is 0.0755 e. The van der Waals surface area contributed by atoms with Crippen LogP contribution in [0.2, 0.25) is 0 Å². The lowest BCUT2D eigenvalue weighted by molar-refractivity contribution is 0.471. The lowest BCUT2D eigenvalue weighted by atomic mass is 10.1. The van der Waals surface area contributed by atoms with Crippen LogP contribution in [0.1, 0.15) is 5.56 Å². The van der Waals surface area contributed by atoms with Gasteiger partial charge in [0.15, 0.2) is 0 Å². The van der Waals surface area contributed by atoms with Crippen molar-refractivity contribution in [1.29, 1.82) is 0 Å². The quantitative estimate of drug-likeness (QED) is 0.709. The largest absolute Gasteiger partial charge is 0.516 e. The lowest BCUT2D eigenvalue weighted by Gasteiger charge is -2.00. The first-order chi connectivity index (χ1) is 6.90. The van der Waals surface area contributed by atoms with E-state index in [9.17, 15) is 0 Å². The Morgan fingerprint density at radius 2 is 1.79 bits per heavy atom. The Bertz CT molecular complexity index is 457. The molecule has 0 spiro atoms. The van der Waals surface area contributed by atoms with Crippen LogP contribution in [0.3, 0.4) is 0 Å². The van der Waals surface area contributed by atoms with Gasteiger partial charge in [0.25, 0.3) is 0 Å². The molecule has 0 saturated heterocycles. The summed E-state index contributed by atoms with van der Waals surface area (Å²) >= 11 is 0. The zero-order valence-corrected chi connectivity index (χ0v) is 7.85. The summed E-state index contributed by atoms with van der Waals surface area (Å²) in [5.41, 5.74) is 1.22. The molecule has 0 fully saturated rings. The summed E-state index contributed by atoms with van der Waals surface area (Å²) in [4.78, 5) is 0. The van der Waals surface area contributed by atoms with E-state index in [0.29, 0.717) is 0 Å². The van der Waals surface area contributed by atoms with Crippen LogP contribution < -0.4 is 0 Å². The maximum atomic E-state index is 8.56. The number of hydrogen-bond donors (Lipinski definition) is 1. The van der Waals surface area contributed by atoms with Gasteiger partial charge in [0.1, 0.15) is 0 Å². The average molecular weight is 184 g/mol. The van der Waals surface area contributed by atoms with Gasteiger partial charge in [-0.25, -0.2) is 0 Å². The van der Waals surface area contributed by atoms with Crippen LogP contribution in [0.25, 0.3) is 10.8 Å². The van der Waals surface area contributed by atoms with E-state index >= 15 is 0 Å².